The molecule has 0 bridgehead atoms. The van der Waals surface area contributed by atoms with Gasteiger partial charge in [-0.1, -0.05) is 49.4 Å². The molecule has 2 aromatic carbocycles. The Morgan fingerprint density at radius 3 is 2.27 bits per heavy atom. The van der Waals surface area contributed by atoms with Gasteiger partial charge in [-0.05, 0) is 24.1 Å². The van der Waals surface area contributed by atoms with Crippen LogP contribution in [0.1, 0.15) is 18.9 Å². The van der Waals surface area contributed by atoms with Crippen LogP contribution >= 0.6 is 0 Å². The van der Waals surface area contributed by atoms with E-state index in [4.69, 9.17) is 0 Å². The quantitative estimate of drug-likeness (QED) is 0.742. The zero-order valence-electron chi connectivity index (χ0n) is 12.5. The molecule has 4 nitrogen and oxygen atoms in total. The van der Waals surface area contributed by atoms with Crippen LogP contribution in [0.15, 0.2) is 64.2 Å². The lowest BCUT2D eigenvalue weighted by Crippen LogP contribution is -2.40. The molecule has 0 N–H and O–H groups in total. The Labute approximate surface area is 128 Å². The van der Waals surface area contributed by atoms with Crippen LogP contribution in [0.2, 0.25) is 0 Å². The van der Waals surface area contributed by atoms with Crippen LogP contribution < -0.4 is 11.2 Å². The molecular weight excluding hydrogens is 276 g/mol. The highest BCUT2D eigenvalue weighted by molar-refractivity contribution is 5.77. The van der Waals surface area contributed by atoms with Crippen molar-refractivity contribution in [1.29, 1.82) is 0 Å². The molecule has 0 aliphatic rings. The van der Waals surface area contributed by atoms with Gasteiger partial charge in [0.05, 0.1) is 17.4 Å². The number of hydrogen-bond acceptors (Lipinski definition) is 2. The summed E-state index contributed by atoms with van der Waals surface area (Å²) in [6.45, 7) is 2.93. The SMILES string of the molecule is CCCn1c(=O)n(Cc2ccccc2)c(=O)c2ccccc21. The molecule has 0 aliphatic heterocycles. The summed E-state index contributed by atoms with van der Waals surface area (Å²) >= 11 is 0. The second-order valence-corrected chi connectivity index (χ2v) is 5.33. The minimum atomic E-state index is -0.241. The van der Waals surface area contributed by atoms with Gasteiger partial charge in [0.2, 0.25) is 0 Å². The number of hydrogen-bond donors (Lipinski definition) is 0. The van der Waals surface area contributed by atoms with Crippen LogP contribution in [0.25, 0.3) is 10.9 Å². The molecule has 3 rings (SSSR count). The molecule has 1 heterocycles. The summed E-state index contributed by atoms with van der Waals surface area (Å²) in [5.41, 5.74) is 1.19. The highest BCUT2D eigenvalue weighted by atomic mass is 16.2. The Bertz CT molecular complexity index is 908. The van der Waals surface area contributed by atoms with Crippen molar-refractivity contribution < 1.29 is 0 Å². The first-order valence-electron chi connectivity index (χ1n) is 7.48. The molecule has 4 heteroatoms. The third kappa shape index (κ3) is 2.48. The maximum absolute atomic E-state index is 12.7. The first kappa shape index (κ1) is 14.3. The molecule has 112 valence electrons. The molecule has 3 aromatic rings. The van der Waals surface area contributed by atoms with Crippen LogP contribution in [-0.2, 0) is 13.1 Å². The fraction of sp³-hybridized carbons (Fsp3) is 0.222. The van der Waals surface area contributed by atoms with Crippen LogP contribution in [0.5, 0.6) is 0 Å². The van der Waals surface area contributed by atoms with Crippen molar-refractivity contribution in [2.75, 3.05) is 0 Å². The standard InChI is InChI=1S/C18H18N2O2/c1-2-12-19-16-11-7-6-10-15(16)17(21)20(18(19)22)13-14-8-4-3-5-9-14/h3-11H,2,12-13H2,1H3. The molecule has 0 aliphatic carbocycles. The number of nitrogens with zero attached hydrogens (tertiary/aromatic N) is 2. The Balaban J connectivity index is 2.26. The fourth-order valence-corrected chi connectivity index (χ4v) is 2.72. The zero-order valence-corrected chi connectivity index (χ0v) is 12.5. The predicted molar refractivity (Wildman–Crippen MR) is 88.3 cm³/mol. The van der Waals surface area contributed by atoms with E-state index in [1.807, 2.05) is 55.5 Å². The van der Waals surface area contributed by atoms with Gasteiger partial charge < -0.3 is 0 Å². The summed E-state index contributed by atoms with van der Waals surface area (Å²) in [6.07, 6.45) is 0.841. The van der Waals surface area contributed by atoms with Gasteiger partial charge in [0.15, 0.2) is 0 Å². The maximum Gasteiger partial charge on any atom is 0.331 e. The van der Waals surface area contributed by atoms with Gasteiger partial charge in [-0.2, -0.15) is 0 Å². The van der Waals surface area contributed by atoms with Crippen molar-refractivity contribution in [3.63, 3.8) is 0 Å². The Morgan fingerprint density at radius 1 is 0.864 bits per heavy atom. The summed E-state index contributed by atoms with van der Waals surface area (Å²) in [6, 6.07) is 16.9. The third-order valence-corrected chi connectivity index (χ3v) is 3.76. The van der Waals surface area contributed by atoms with Crippen LogP contribution in [0.3, 0.4) is 0 Å². The first-order valence-corrected chi connectivity index (χ1v) is 7.48. The minimum Gasteiger partial charge on any atom is -0.293 e. The van der Waals surface area contributed by atoms with Crippen LogP contribution in [0.4, 0.5) is 0 Å². The van der Waals surface area contributed by atoms with Gasteiger partial charge in [0, 0.05) is 6.54 Å². The normalized spacial score (nSPS) is 11.0. The van der Waals surface area contributed by atoms with Crippen LogP contribution in [-0.4, -0.2) is 9.13 Å². The van der Waals surface area contributed by atoms with Gasteiger partial charge in [0.25, 0.3) is 5.56 Å². The first-order chi connectivity index (χ1) is 10.7. The molecule has 22 heavy (non-hydrogen) atoms. The molecule has 0 radical (unpaired) electrons. The summed E-state index contributed by atoms with van der Waals surface area (Å²) < 4.78 is 3.02. The van der Waals surface area contributed by atoms with Crippen molar-refractivity contribution in [1.82, 2.24) is 9.13 Å². The molecule has 0 atom stereocenters. The van der Waals surface area contributed by atoms with Gasteiger partial charge in [0.1, 0.15) is 0 Å². The zero-order chi connectivity index (χ0) is 15.5. The lowest BCUT2D eigenvalue weighted by molar-refractivity contribution is 0.593. The monoisotopic (exact) mass is 294 g/mol. The summed E-state index contributed by atoms with van der Waals surface area (Å²) in [5.74, 6) is 0. The van der Waals surface area contributed by atoms with Gasteiger partial charge >= 0.3 is 5.69 Å². The largest absolute Gasteiger partial charge is 0.331 e. The number of aryl methyl sites for hydroxylation is 1. The predicted octanol–water partition coefficient (Wildman–Crippen LogP) is 2.62. The number of para-hydroxylation sites is 1. The molecule has 0 spiro atoms. The lowest BCUT2D eigenvalue weighted by atomic mass is 10.2. The minimum absolute atomic E-state index is 0.225. The molecular formula is C18H18N2O2. The molecule has 0 saturated heterocycles. The summed E-state index contributed by atoms with van der Waals surface area (Å²) in [5, 5.41) is 0.589. The van der Waals surface area contributed by atoms with E-state index in [0.717, 1.165) is 12.0 Å². The van der Waals surface area contributed by atoms with E-state index >= 15 is 0 Å². The average Bonchev–Trinajstić information content (AvgIpc) is 2.56. The third-order valence-electron chi connectivity index (χ3n) is 3.76. The van der Waals surface area contributed by atoms with Crippen molar-refractivity contribution in [3.05, 3.63) is 81.0 Å². The number of aromatic nitrogens is 2. The second-order valence-electron chi connectivity index (χ2n) is 5.33. The topological polar surface area (TPSA) is 44.0 Å². The molecule has 0 fully saturated rings. The summed E-state index contributed by atoms with van der Waals surface area (Å²) in [7, 11) is 0. The number of benzene rings is 2. The number of rotatable bonds is 4. The van der Waals surface area contributed by atoms with E-state index in [2.05, 4.69) is 0 Å². The number of fused-ring (bicyclic) bond motifs is 1. The highest BCUT2D eigenvalue weighted by Gasteiger charge is 2.12. The molecule has 0 saturated carbocycles. The van der Waals surface area contributed by atoms with Gasteiger partial charge in [-0.15, -0.1) is 0 Å². The Kier molecular flexibility index (Phi) is 3.92. The molecule has 0 amide bonds. The average molecular weight is 294 g/mol. The second kappa shape index (κ2) is 6.02. The van der Waals surface area contributed by atoms with Crippen LogP contribution in [0, 0.1) is 0 Å². The Hall–Kier alpha value is -2.62. The van der Waals surface area contributed by atoms with E-state index < -0.39 is 0 Å². The fourth-order valence-electron chi connectivity index (χ4n) is 2.72. The highest BCUT2D eigenvalue weighted by Crippen LogP contribution is 2.09. The lowest BCUT2D eigenvalue weighted by Gasteiger charge is -2.13. The van der Waals surface area contributed by atoms with E-state index in [-0.39, 0.29) is 11.2 Å². The maximum atomic E-state index is 12.7. The van der Waals surface area contributed by atoms with Gasteiger partial charge in [-0.3, -0.25) is 13.9 Å². The van der Waals surface area contributed by atoms with E-state index in [1.165, 1.54) is 4.57 Å². The van der Waals surface area contributed by atoms with Crippen molar-refractivity contribution in [2.24, 2.45) is 0 Å². The van der Waals surface area contributed by atoms with E-state index in [1.54, 1.807) is 10.6 Å². The summed E-state index contributed by atoms with van der Waals surface area (Å²) in [4.78, 5) is 25.4. The molecule has 0 unspecified atom stereocenters. The van der Waals surface area contributed by atoms with Crippen molar-refractivity contribution >= 4 is 10.9 Å². The van der Waals surface area contributed by atoms with Crippen molar-refractivity contribution in [3.8, 4) is 0 Å². The Morgan fingerprint density at radius 2 is 1.55 bits per heavy atom. The van der Waals surface area contributed by atoms with Gasteiger partial charge in [-0.25, -0.2) is 4.79 Å². The van der Waals surface area contributed by atoms with Crippen molar-refractivity contribution in [2.45, 2.75) is 26.4 Å². The van der Waals surface area contributed by atoms with E-state index in [9.17, 15) is 9.59 Å². The van der Waals surface area contributed by atoms with E-state index in [0.29, 0.717) is 24.0 Å². The molecule has 1 aromatic heterocycles. The smallest absolute Gasteiger partial charge is 0.293 e.